The molecule has 204 valence electrons. The van der Waals surface area contributed by atoms with Crippen molar-refractivity contribution < 1.29 is 0 Å². The molecule has 0 unspecified atom stereocenters. The van der Waals surface area contributed by atoms with Crippen LogP contribution in [0.1, 0.15) is 11.1 Å². The molecule has 3 heteroatoms. The monoisotopic (exact) mass is 543 g/mol. The Morgan fingerprint density at radius 1 is 0.571 bits per heavy atom. The minimum absolute atomic E-state index is 0.557. The summed E-state index contributed by atoms with van der Waals surface area (Å²) < 4.78 is 2.39. The Morgan fingerprint density at radius 3 is 1.88 bits per heavy atom. The summed E-state index contributed by atoms with van der Waals surface area (Å²) >= 11 is 0. The van der Waals surface area contributed by atoms with E-state index >= 15 is 0 Å². The lowest BCUT2D eigenvalue weighted by Crippen LogP contribution is -2.45. The van der Waals surface area contributed by atoms with Crippen molar-refractivity contribution >= 4 is 27.5 Å². The highest BCUT2D eigenvalue weighted by atomic mass is 15.0. The summed E-state index contributed by atoms with van der Waals surface area (Å²) in [6, 6.07) is 55.5. The van der Waals surface area contributed by atoms with Crippen LogP contribution >= 0.6 is 0 Å². The molecular weight excluding hydrogens is 510 g/mol. The van der Waals surface area contributed by atoms with E-state index in [2.05, 4.69) is 162 Å². The lowest BCUT2D eigenvalue weighted by Gasteiger charge is -2.32. The average molecular weight is 544 g/mol. The number of aromatic nitrogens is 1. The summed E-state index contributed by atoms with van der Waals surface area (Å²) in [5.41, 5.74) is 15.9. The van der Waals surface area contributed by atoms with Crippen molar-refractivity contribution in [3.8, 4) is 16.8 Å². The number of hydrogen-bond acceptors (Lipinski definition) is 2. The molecule has 0 fully saturated rings. The summed E-state index contributed by atoms with van der Waals surface area (Å²) in [4.78, 5) is 0. The van der Waals surface area contributed by atoms with Crippen molar-refractivity contribution in [3.05, 3.63) is 169 Å². The van der Waals surface area contributed by atoms with Gasteiger partial charge in [0.05, 0.1) is 22.3 Å². The smallest absolute Gasteiger partial charge is 0.0779 e. The van der Waals surface area contributed by atoms with Crippen LogP contribution in [0.2, 0.25) is 0 Å². The van der Waals surface area contributed by atoms with E-state index < -0.39 is 5.54 Å². The minimum Gasteiger partial charge on any atom is -0.381 e. The van der Waals surface area contributed by atoms with Gasteiger partial charge in [-0.05, 0) is 41.3 Å². The van der Waals surface area contributed by atoms with Crippen LogP contribution in [0, 0.1) is 0 Å². The van der Waals surface area contributed by atoms with Crippen LogP contribution in [0.25, 0.3) is 38.6 Å². The summed E-state index contributed by atoms with van der Waals surface area (Å²) in [6.45, 7) is 0.557. The van der Waals surface area contributed by atoms with Crippen molar-refractivity contribution in [2.45, 2.75) is 12.0 Å². The van der Waals surface area contributed by atoms with Crippen LogP contribution in [0.15, 0.2) is 158 Å². The fraction of sp³-hybridized carbons (Fsp3) is 0.0769. The fourth-order valence-corrected chi connectivity index (χ4v) is 6.18. The Bertz CT molecular complexity index is 1950. The summed E-state index contributed by atoms with van der Waals surface area (Å²) in [7, 11) is 0. The molecular formula is C39H33N3. The minimum atomic E-state index is -0.637. The predicted molar refractivity (Wildman–Crippen MR) is 177 cm³/mol. The van der Waals surface area contributed by atoms with Gasteiger partial charge in [0.25, 0.3) is 0 Å². The third-order valence-electron chi connectivity index (χ3n) is 8.23. The molecule has 0 aliphatic rings. The molecule has 0 spiro atoms. The maximum Gasteiger partial charge on any atom is 0.0779 e. The van der Waals surface area contributed by atoms with Crippen LogP contribution < -0.4 is 11.1 Å². The van der Waals surface area contributed by atoms with Crippen LogP contribution in [-0.2, 0) is 12.0 Å². The molecule has 0 amide bonds. The second-order valence-corrected chi connectivity index (χ2v) is 11.0. The van der Waals surface area contributed by atoms with Gasteiger partial charge in [-0.25, -0.2) is 0 Å². The zero-order chi connectivity index (χ0) is 28.4. The molecule has 0 aliphatic heterocycles. The molecule has 1 atom stereocenters. The molecule has 7 aromatic rings. The zero-order valence-electron chi connectivity index (χ0n) is 23.4. The second-order valence-electron chi connectivity index (χ2n) is 11.0. The number of nitrogens with two attached hydrogens (primary N) is 1. The van der Waals surface area contributed by atoms with Gasteiger partial charge >= 0.3 is 0 Å². The molecule has 6 aromatic carbocycles. The van der Waals surface area contributed by atoms with E-state index in [1.165, 1.54) is 21.9 Å². The van der Waals surface area contributed by atoms with Crippen LogP contribution in [0.3, 0.4) is 0 Å². The van der Waals surface area contributed by atoms with E-state index in [0.29, 0.717) is 13.0 Å². The Morgan fingerprint density at radius 2 is 1.17 bits per heavy atom. The molecule has 0 bridgehead atoms. The standard InChI is InChI=1S/C39H33N3/c40-39(31-19-9-3-10-20-31,27-29-15-5-1-6-16-29)28-41-37-33(30-17-7-2-8-18-30)25-26-35-34-23-13-14-24-36(34)42(38(35)37)32-21-11-4-12-22-32/h1-26,41H,27-28,40H2/t39-/m0/s1. The summed E-state index contributed by atoms with van der Waals surface area (Å²) in [6.07, 6.45) is 0.711. The van der Waals surface area contributed by atoms with Crippen LogP contribution in [0.4, 0.5) is 5.69 Å². The first kappa shape index (κ1) is 25.8. The van der Waals surface area contributed by atoms with Gasteiger partial charge in [0.1, 0.15) is 0 Å². The third kappa shape index (κ3) is 4.74. The first-order valence-electron chi connectivity index (χ1n) is 14.5. The molecule has 1 aromatic heterocycles. The van der Waals surface area contributed by atoms with Gasteiger partial charge in [0.2, 0.25) is 0 Å². The van der Waals surface area contributed by atoms with E-state index in [4.69, 9.17) is 5.73 Å². The van der Waals surface area contributed by atoms with E-state index in [1.807, 2.05) is 6.07 Å². The molecule has 1 heterocycles. The number of anilines is 1. The number of para-hydroxylation sites is 2. The van der Waals surface area contributed by atoms with Gasteiger partial charge in [-0.1, -0.05) is 140 Å². The van der Waals surface area contributed by atoms with Gasteiger partial charge in [-0.15, -0.1) is 0 Å². The van der Waals surface area contributed by atoms with Crippen molar-refractivity contribution in [2.24, 2.45) is 5.73 Å². The highest BCUT2D eigenvalue weighted by Gasteiger charge is 2.29. The molecule has 0 aliphatic carbocycles. The van der Waals surface area contributed by atoms with E-state index in [9.17, 15) is 0 Å². The Hall–Kier alpha value is -5.12. The largest absolute Gasteiger partial charge is 0.381 e. The van der Waals surface area contributed by atoms with E-state index in [-0.39, 0.29) is 0 Å². The predicted octanol–water partition coefficient (Wildman–Crippen LogP) is 8.96. The zero-order valence-corrected chi connectivity index (χ0v) is 23.4. The molecule has 3 N–H and O–H groups in total. The maximum absolute atomic E-state index is 7.39. The average Bonchev–Trinajstić information content (AvgIpc) is 3.40. The van der Waals surface area contributed by atoms with Crippen molar-refractivity contribution in [3.63, 3.8) is 0 Å². The molecule has 0 saturated heterocycles. The van der Waals surface area contributed by atoms with Crippen molar-refractivity contribution in [1.82, 2.24) is 4.57 Å². The number of rotatable bonds is 8. The first-order valence-corrected chi connectivity index (χ1v) is 14.5. The summed E-state index contributed by atoms with van der Waals surface area (Å²) in [5, 5.41) is 6.38. The van der Waals surface area contributed by atoms with Gasteiger partial charge in [-0.2, -0.15) is 0 Å². The first-order chi connectivity index (χ1) is 20.7. The quantitative estimate of drug-likeness (QED) is 0.201. The van der Waals surface area contributed by atoms with Gasteiger partial charge in [0, 0.05) is 28.6 Å². The number of nitrogens with zero attached hydrogens (tertiary/aromatic N) is 1. The van der Waals surface area contributed by atoms with Gasteiger partial charge in [0.15, 0.2) is 0 Å². The van der Waals surface area contributed by atoms with E-state index in [0.717, 1.165) is 33.6 Å². The SMILES string of the molecule is N[C@](CNc1c(-c2ccccc2)ccc2c3ccccc3n(-c3ccccc3)c12)(Cc1ccccc1)c1ccccc1. The lowest BCUT2D eigenvalue weighted by atomic mass is 9.84. The molecule has 0 saturated carbocycles. The second kappa shape index (κ2) is 11.0. The Labute approximate surface area is 246 Å². The highest BCUT2D eigenvalue weighted by molar-refractivity contribution is 6.15. The molecule has 3 nitrogen and oxygen atoms in total. The number of benzene rings is 6. The van der Waals surface area contributed by atoms with Crippen molar-refractivity contribution in [1.29, 1.82) is 0 Å². The number of hydrogen-bond donors (Lipinski definition) is 2. The Kier molecular flexibility index (Phi) is 6.79. The van der Waals surface area contributed by atoms with Crippen LogP contribution in [0.5, 0.6) is 0 Å². The van der Waals surface area contributed by atoms with E-state index in [1.54, 1.807) is 0 Å². The van der Waals surface area contributed by atoms with Gasteiger partial charge in [-0.3, -0.25) is 0 Å². The molecule has 0 radical (unpaired) electrons. The van der Waals surface area contributed by atoms with Crippen molar-refractivity contribution in [2.75, 3.05) is 11.9 Å². The third-order valence-corrected chi connectivity index (χ3v) is 8.23. The number of fused-ring (bicyclic) bond motifs is 3. The molecule has 42 heavy (non-hydrogen) atoms. The number of nitrogens with one attached hydrogen (secondary N) is 1. The topological polar surface area (TPSA) is 43.0 Å². The fourth-order valence-electron chi connectivity index (χ4n) is 6.18. The highest BCUT2D eigenvalue weighted by Crippen LogP contribution is 2.42. The maximum atomic E-state index is 7.39. The normalized spacial score (nSPS) is 12.8. The Balaban J connectivity index is 1.45. The lowest BCUT2D eigenvalue weighted by molar-refractivity contribution is 0.467. The molecule has 7 rings (SSSR count). The van der Waals surface area contributed by atoms with Crippen LogP contribution in [-0.4, -0.2) is 11.1 Å². The van der Waals surface area contributed by atoms with Gasteiger partial charge < -0.3 is 15.6 Å². The summed E-state index contributed by atoms with van der Waals surface area (Å²) in [5.74, 6) is 0.